The highest BCUT2D eigenvalue weighted by Gasteiger charge is 2.22. The number of nitrogens with one attached hydrogen (secondary N) is 1. The molecule has 19 heavy (non-hydrogen) atoms. The number of benzene rings is 1. The molecule has 1 fully saturated rings. The summed E-state index contributed by atoms with van der Waals surface area (Å²) in [5.74, 6) is 0.733. The Labute approximate surface area is 125 Å². The molecule has 0 bridgehead atoms. The van der Waals surface area contributed by atoms with E-state index in [0.29, 0.717) is 6.04 Å². The fourth-order valence-corrected chi connectivity index (χ4v) is 2.92. The number of hydrogen-bond donors (Lipinski definition) is 1. The van der Waals surface area contributed by atoms with E-state index in [1.54, 1.807) is 0 Å². The van der Waals surface area contributed by atoms with Crippen LogP contribution in [0.1, 0.15) is 32.3 Å². The monoisotopic (exact) mass is 324 g/mol. The topological polar surface area (TPSA) is 15.3 Å². The van der Waals surface area contributed by atoms with Gasteiger partial charge >= 0.3 is 0 Å². The summed E-state index contributed by atoms with van der Waals surface area (Å²) in [5, 5.41) is 3.71. The summed E-state index contributed by atoms with van der Waals surface area (Å²) >= 11 is 3.58. The lowest BCUT2D eigenvalue weighted by atomic mass is 9.99. The lowest BCUT2D eigenvalue weighted by Crippen LogP contribution is -2.42. The van der Waals surface area contributed by atoms with E-state index in [9.17, 15) is 0 Å². The molecule has 3 heteroatoms. The molecule has 1 aliphatic heterocycles. The average molecular weight is 325 g/mol. The molecular weight excluding hydrogens is 300 g/mol. The standard InChI is InChI=1S/C16H25BrN2/c1-4-12(2)16-11-19(9-5-8-18-16)14-6-7-15(17)13(3)10-14/h6-7,10,12,16,18H,4-5,8-9,11H2,1-3H3. The molecule has 0 aliphatic carbocycles. The lowest BCUT2D eigenvalue weighted by Gasteiger charge is -2.30. The van der Waals surface area contributed by atoms with E-state index < -0.39 is 0 Å². The number of anilines is 1. The summed E-state index contributed by atoms with van der Waals surface area (Å²) in [6.07, 6.45) is 2.47. The average Bonchev–Trinajstić information content (AvgIpc) is 2.67. The van der Waals surface area contributed by atoms with Gasteiger partial charge in [-0.2, -0.15) is 0 Å². The van der Waals surface area contributed by atoms with Crippen LogP contribution in [-0.2, 0) is 0 Å². The van der Waals surface area contributed by atoms with Crippen molar-refractivity contribution in [2.24, 2.45) is 5.92 Å². The SMILES string of the molecule is CCC(C)C1CN(c2ccc(Br)c(C)c2)CCCN1. The first-order valence-electron chi connectivity index (χ1n) is 7.36. The zero-order chi connectivity index (χ0) is 13.8. The van der Waals surface area contributed by atoms with E-state index in [0.717, 1.165) is 25.6 Å². The van der Waals surface area contributed by atoms with Crippen LogP contribution in [0.2, 0.25) is 0 Å². The van der Waals surface area contributed by atoms with E-state index in [4.69, 9.17) is 0 Å². The number of hydrogen-bond acceptors (Lipinski definition) is 2. The first-order valence-corrected chi connectivity index (χ1v) is 8.15. The predicted molar refractivity (Wildman–Crippen MR) is 87.0 cm³/mol. The maximum atomic E-state index is 3.71. The first-order chi connectivity index (χ1) is 9.11. The van der Waals surface area contributed by atoms with Crippen molar-refractivity contribution in [2.75, 3.05) is 24.5 Å². The highest BCUT2D eigenvalue weighted by molar-refractivity contribution is 9.10. The summed E-state index contributed by atoms with van der Waals surface area (Å²) in [7, 11) is 0. The van der Waals surface area contributed by atoms with Gasteiger partial charge in [0, 0.05) is 29.3 Å². The van der Waals surface area contributed by atoms with Crippen LogP contribution < -0.4 is 10.2 Å². The van der Waals surface area contributed by atoms with Gasteiger partial charge in [0.2, 0.25) is 0 Å². The van der Waals surface area contributed by atoms with E-state index in [-0.39, 0.29) is 0 Å². The largest absolute Gasteiger partial charge is 0.370 e. The fourth-order valence-electron chi connectivity index (χ4n) is 2.68. The second kappa shape index (κ2) is 6.76. The van der Waals surface area contributed by atoms with Gasteiger partial charge in [0.1, 0.15) is 0 Å². The van der Waals surface area contributed by atoms with Crippen molar-refractivity contribution >= 4 is 21.6 Å². The summed E-state index contributed by atoms with van der Waals surface area (Å²) in [6.45, 7) is 10.2. The Kier molecular flexibility index (Phi) is 5.28. The van der Waals surface area contributed by atoms with Crippen LogP contribution in [0.3, 0.4) is 0 Å². The smallest absolute Gasteiger partial charge is 0.0370 e. The van der Waals surface area contributed by atoms with Crippen LogP contribution in [0, 0.1) is 12.8 Å². The predicted octanol–water partition coefficient (Wildman–Crippen LogP) is 3.97. The van der Waals surface area contributed by atoms with E-state index in [2.05, 4.69) is 65.1 Å². The molecule has 1 N–H and O–H groups in total. The van der Waals surface area contributed by atoms with Gasteiger partial charge in [0.05, 0.1) is 0 Å². The maximum absolute atomic E-state index is 3.71. The highest BCUT2D eigenvalue weighted by Crippen LogP contribution is 2.25. The van der Waals surface area contributed by atoms with Gasteiger partial charge in [-0.25, -0.2) is 0 Å². The molecule has 0 saturated carbocycles. The van der Waals surface area contributed by atoms with Crippen molar-refractivity contribution in [3.8, 4) is 0 Å². The molecular formula is C16H25BrN2. The van der Waals surface area contributed by atoms with Crippen LogP contribution in [-0.4, -0.2) is 25.7 Å². The minimum atomic E-state index is 0.608. The number of halogens is 1. The molecule has 2 rings (SSSR count). The Morgan fingerprint density at radius 2 is 2.26 bits per heavy atom. The van der Waals surface area contributed by atoms with Crippen LogP contribution in [0.4, 0.5) is 5.69 Å². The van der Waals surface area contributed by atoms with Gasteiger partial charge in [-0.15, -0.1) is 0 Å². The third kappa shape index (κ3) is 3.73. The molecule has 1 aromatic rings. The lowest BCUT2D eigenvalue weighted by molar-refractivity contribution is 0.384. The number of aryl methyl sites for hydroxylation is 1. The Hall–Kier alpha value is -0.540. The van der Waals surface area contributed by atoms with Gasteiger partial charge in [0.15, 0.2) is 0 Å². The minimum Gasteiger partial charge on any atom is -0.370 e. The Balaban J connectivity index is 2.15. The van der Waals surface area contributed by atoms with Gasteiger partial charge < -0.3 is 10.2 Å². The Morgan fingerprint density at radius 3 is 2.95 bits per heavy atom. The first kappa shape index (κ1) is 14.9. The summed E-state index contributed by atoms with van der Waals surface area (Å²) in [5.41, 5.74) is 2.67. The molecule has 2 nitrogen and oxygen atoms in total. The van der Waals surface area contributed by atoms with Crippen molar-refractivity contribution < 1.29 is 0 Å². The highest BCUT2D eigenvalue weighted by atomic mass is 79.9. The van der Waals surface area contributed by atoms with Crippen molar-refractivity contribution in [3.05, 3.63) is 28.2 Å². The molecule has 0 spiro atoms. The van der Waals surface area contributed by atoms with Crippen LogP contribution in [0.25, 0.3) is 0 Å². The molecule has 106 valence electrons. The number of rotatable bonds is 3. The van der Waals surface area contributed by atoms with Gasteiger partial charge in [-0.05, 0) is 49.6 Å². The summed E-state index contributed by atoms with van der Waals surface area (Å²) in [6, 6.07) is 7.30. The molecule has 2 atom stereocenters. The molecule has 0 radical (unpaired) electrons. The normalized spacial score (nSPS) is 22.1. The van der Waals surface area contributed by atoms with Crippen LogP contribution in [0.5, 0.6) is 0 Å². The third-order valence-electron chi connectivity index (χ3n) is 4.27. The third-order valence-corrected chi connectivity index (χ3v) is 5.16. The van der Waals surface area contributed by atoms with Crippen molar-refractivity contribution in [1.82, 2.24) is 5.32 Å². The molecule has 2 unspecified atom stereocenters. The van der Waals surface area contributed by atoms with Gasteiger partial charge in [0.25, 0.3) is 0 Å². The van der Waals surface area contributed by atoms with E-state index in [1.165, 1.54) is 28.6 Å². The maximum Gasteiger partial charge on any atom is 0.0370 e. The zero-order valence-corrected chi connectivity index (χ0v) is 13.8. The Morgan fingerprint density at radius 1 is 1.47 bits per heavy atom. The molecule has 1 saturated heterocycles. The summed E-state index contributed by atoms with van der Waals surface area (Å²) < 4.78 is 1.20. The van der Waals surface area contributed by atoms with Crippen molar-refractivity contribution in [3.63, 3.8) is 0 Å². The second-order valence-electron chi connectivity index (χ2n) is 5.68. The minimum absolute atomic E-state index is 0.608. The second-order valence-corrected chi connectivity index (χ2v) is 6.53. The zero-order valence-electron chi connectivity index (χ0n) is 12.2. The van der Waals surface area contributed by atoms with Crippen molar-refractivity contribution in [2.45, 2.75) is 39.7 Å². The molecule has 0 amide bonds. The number of nitrogens with zero attached hydrogens (tertiary/aromatic N) is 1. The van der Waals surface area contributed by atoms with Crippen molar-refractivity contribution in [1.29, 1.82) is 0 Å². The molecule has 1 aliphatic rings. The van der Waals surface area contributed by atoms with Crippen LogP contribution >= 0.6 is 15.9 Å². The fraction of sp³-hybridized carbons (Fsp3) is 0.625. The van der Waals surface area contributed by atoms with E-state index in [1.807, 2.05) is 0 Å². The molecule has 1 aromatic carbocycles. The molecule has 1 heterocycles. The summed E-state index contributed by atoms with van der Waals surface area (Å²) in [4.78, 5) is 2.54. The Bertz CT molecular complexity index is 419. The van der Waals surface area contributed by atoms with E-state index >= 15 is 0 Å². The van der Waals surface area contributed by atoms with Gasteiger partial charge in [-0.1, -0.05) is 36.2 Å². The van der Waals surface area contributed by atoms with Gasteiger partial charge in [-0.3, -0.25) is 0 Å². The molecule has 0 aromatic heterocycles. The van der Waals surface area contributed by atoms with Crippen LogP contribution in [0.15, 0.2) is 22.7 Å². The quantitative estimate of drug-likeness (QED) is 0.904.